The Labute approximate surface area is 234 Å². The topological polar surface area (TPSA) is 86.8 Å². The van der Waals surface area contributed by atoms with E-state index in [1.165, 1.54) is 4.90 Å². The first kappa shape index (κ1) is 29.4. The van der Waals surface area contributed by atoms with E-state index >= 15 is 0 Å². The lowest BCUT2D eigenvalue weighted by Gasteiger charge is -2.33. The number of halogens is 1. The average molecular weight is 601 g/mol. The number of carbonyl (C=O) groups is 2. The molecule has 0 fully saturated rings. The van der Waals surface area contributed by atoms with Crippen LogP contribution in [0.25, 0.3) is 0 Å². The molecule has 0 heterocycles. The first-order valence-corrected chi connectivity index (χ1v) is 15.2. The monoisotopic (exact) mass is 599 g/mol. The fourth-order valence-corrected chi connectivity index (χ4v) is 5.43. The lowest BCUT2D eigenvalue weighted by molar-refractivity contribution is -0.140. The van der Waals surface area contributed by atoms with Crippen LogP contribution in [-0.2, 0) is 39.0 Å². The van der Waals surface area contributed by atoms with Gasteiger partial charge in [-0.05, 0) is 48.2 Å². The van der Waals surface area contributed by atoms with Crippen LogP contribution in [0.5, 0.6) is 0 Å². The summed E-state index contributed by atoms with van der Waals surface area (Å²) >= 11 is 3.43. The standard InChI is InChI=1S/C29H34BrN3O4S/c1-4-24-13-9-10-14-26(24)33(38(3,36)37)21-28(34)32(20-23-15-17-25(30)18-16-23)27(29(35)31-5-2)19-22-11-7-6-8-12-22/h6-18,27H,4-5,19-21H2,1-3H3,(H,31,35)/t27-/m1/s1. The third-order valence-electron chi connectivity index (χ3n) is 6.21. The van der Waals surface area contributed by atoms with Crippen molar-refractivity contribution in [2.75, 3.05) is 23.7 Å². The minimum Gasteiger partial charge on any atom is -0.355 e. The first-order valence-electron chi connectivity index (χ1n) is 12.5. The van der Waals surface area contributed by atoms with Crippen molar-refractivity contribution in [1.29, 1.82) is 0 Å². The molecule has 0 radical (unpaired) electrons. The molecule has 3 rings (SSSR count). The zero-order valence-electron chi connectivity index (χ0n) is 21.9. The van der Waals surface area contributed by atoms with Crippen LogP contribution in [0.1, 0.15) is 30.5 Å². The van der Waals surface area contributed by atoms with E-state index < -0.39 is 28.5 Å². The summed E-state index contributed by atoms with van der Waals surface area (Å²) in [5, 5.41) is 2.86. The van der Waals surface area contributed by atoms with Gasteiger partial charge in [-0.3, -0.25) is 13.9 Å². The quantitative estimate of drug-likeness (QED) is 0.331. The fourth-order valence-electron chi connectivity index (χ4n) is 4.28. The van der Waals surface area contributed by atoms with Gasteiger partial charge in [-0.25, -0.2) is 8.42 Å². The molecule has 1 atom stereocenters. The second-order valence-corrected chi connectivity index (χ2v) is 11.8. The minimum atomic E-state index is -3.79. The zero-order valence-corrected chi connectivity index (χ0v) is 24.3. The van der Waals surface area contributed by atoms with Gasteiger partial charge in [0.1, 0.15) is 12.6 Å². The molecule has 0 bridgehead atoms. The third-order valence-corrected chi connectivity index (χ3v) is 7.86. The molecule has 0 aliphatic heterocycles. The Morgan fingerprint density at radius 3 is 2.13 bits per heavy atom. The summed E-state index contributed by atoms with van der Waals surface area (Å²) in [5.41, 5.74) is 3.00. The largest absolute Gasteiger partial charge is 0.355 e. The molecule has 3 aromatic rings. The number of nitrogens with one attached hydrogen (secondary N) is 1. The van der Waals surface area contributed by atoms with Crippen molar-refractivity contribution in [3.05, 3.63) is 100 Å². The summed E-state index contributed by atoms with van der Waals surface area (Å²) < 4.78 is 27.9. The van der Waals surface area contributed by atoms with E-state index in [1.807, 2.05) is 80.6 Å². The maximum Gasteiger partial charge on any atom is 0.244 e. The van der Waals surface area contributed by atoms with Crippen molar-refractivity contribution in [3.63, 3.8) is 0 Å². The highest BCUT2D eigenvalue weighted by Gasteiger charge is 2.33. The molecule has 0 saturated carbocycles. The van der Waals surface area contributed by atoms with Gasteiger partial charge in [0.25, 0.3) is 0 Å². The van der Waals surface area contributed by atoms with Crippen molar-refractivity contribution in [1.82, 2.24) is 10.2 Å². The molecule has 0 aliphatic rings. The van der Waals surface area contributed by atoms with Gasteiger partial charge in [0.05, 0.1) is 11.9 Å². The SMILES string of the molecule is CCNC(=O)[C@@H](Cc1ccccc1)N(Cc1ccc(Br)cc1)C(=O)CN(c1ccccc1CC)S(C)(=O)=O. The summed E-state index contributed by atoms with van der Waals surface area (Å²) in [6.07, 6.45) is 1.99. The van der Waals surface area contributed by atoms with Gasteiger partial charge in [-0.1, -0.05) is 83.5 Å². The van der Waals surface area contributed by atoms with Gasteiger partial charge in [0.2, 0.25) is 21.8 Å². The van der Waals surface area contributed by atoms with Crippen LogP contribution in [0, 0.1) is 0 Å². The minimum absolute atomic E-state index is 0.147. The summed E-state index contributed by atoms with van der Waals surface area (Å²) in [6, 6.07) is 23.3. The van der Waals surface area contributed by atoms with Crippen LogP contribution >= 0.6 is 15.9 Å². The average Bonchev–Trinajstić information content (AvgIpc) is 2.90. The first-order chi connectivity index (χ1) is 18.1. The van der Waals surface area contributed by atoms with Gasteiger partial charge in [0.15, 0.2) is 0 Å². The van der Waals surface area contributed by atoms with Crippen LogP contribution in [-0.4, -0.2) is 50.5 Å². The number of amides is 2. The number of likely N-dealkylation sites (N-methyl/N-ethyl adjacent to an activating group) is 1. The predicted molar refractivity (Wildman–Crippen MR) is 155 cm³/mol. The molecule has 9 heteroatoms. The van der Waals surface area contributed by atoms with Gasteiger partial charge < -0.3 is 10.2 Å². The number of sulfonamides is 1. The number of hydrogen-bond donors (Lipinski definition) is 1. The van der Waals surface area contributed by atoms with E-state index in [4.69, 9.17) is 0 Å². The highest BCUT2D eigenvalue weighted by molar-refractivity contribution is 9.10. The van der Waals surface area contributed by atoms with E-state index in [-0.39, 0.29) is 12.5 Å². The number of nitrogens with zero attached hydrogens (tertiary/aromatic N) is 2. The van der Waals surface area contributed by atoms with Gasteiger partial charge >= 0.3 is 0 Å². The van der Waals surface area contributed by atoms with Crippen molar-refractivity contribution in [2.24, 2.45) is 0 Å². The lowest BCUT2D eigenvalue weighted by atomic mass is 10.0. The van der Waals surface area contributed by atoms with E-state index in [0.717, 1.165) is 31.7 Å². The number of rotatable bonds is 12. The van der Waals surface area contributed by atoms with Crippen LogP contribution in [0.15, 0.2) is 83.3 Å². The second kappa shape index (κ2) is 13.6. The van der Waals surface area contributed by atoms with Gasteiger partial charge in [0, 0.05) is 24.0 Å². The Bertz CT molecular complexity index is 1330. The molecular formula is C29H34BrN3O4S. The van der Waals surface area contributed by atoms with E-state index in [0.29, 0.717) is 25.1 Å². The number of benzene rings is 3. The molecule has 2 amide bonds. The Hall–Kier alpha value is -3.17. The lowest BCUT2D eigenvalue weighted by Crippen LogP contribution is -2.53. The maximum atomic E-state index is 14.0. The molecule has 202 valence electrons. The molecule has 7 nitrogen and oxygen atoms in total. The highest BCUT2D eigenvalue weighted by Crippen LogP contribution is 2.25. The Morgan fingerprint density at radius 1 is 0.895 bits per heavy atom. The van der Waals surface area contributed by atoms with Crippen LogP contribution in [0.3, 0.4) is 0 Å². The van der Waals surface area contributed by atoms with Gasteiger partial charge in [-0.2, -0.15) is 0 Å². The Balaban J connectivity index is 2.05. The predicted octanol–water partition coefficient (Wildman–Crippen LogP) is 4.55. The van der Waals surface area contributed by atoms with Crippen molar-refractivity contribution < 1.29 is 18.0 Å². The number of carbonyl (C=O) groups excluding carboxylic acids is 2. The third kappa shape index (κ3) is 7.91. The molecular weight excluding hydrogens is 566 g/mol. The van der Waals surface area contributed by atoms with Crippen LogP contribution in [0.4, 0.5) is 5.69 Å². The van der Waals surface area contributed by atoms with Crippen molar-refractivity contribution >= 4 is 43.5 Å². The van der Waals surface area contributed by atoms with Crippen molar-refractivity contribution in [3.8, 4) is 0 Å². The maximum absolute atomic E-state index is 14.0. The number of hydrogen-bond acceptors (Lipinski definition) is 4. The zero-order chi connectivity index (χ0) is 27.7. The molecule has 0 aromatic heterocycles. The van der Waals surface area contributed by atoms with Crippen LogP contribution in [0.2, 0.25) is 0 Å². The molecule has 38 heavy (non-hydrogen) atoms. The molecule has 0 spiro atoms. The molecule has 0 aliphatic carbocycles. The Morgan fingerprint density at radius 2 is 1.53 bits per heavy atom. The van der Waals surface area contributed by atoms with E-state index in [9.17, 15) is 18.0 Å². The molecule has 0 saturated heterocycles. The van der Waals surface area contributed by atoms with Crippen molar-refractivity contribution in [2.45, 2.75) is 39.3 Å². The number of para-hydroxylation sites is 1. The fraction of sp³-hybridized carbons (Fsp3) is 0.310. The van der Waals surface area contributed by atoms with Gasteiger partial charge in [-0.15, -0.1) is 0 Å². The molecule has 3 aromatic carbocycles. The number of aryl methyl sites for hydroxylation is 1. The summed E-state index contributed by atoms with van der Waals surface area (Å²) in [6.45, 7) is 3.89. The summed E-state index contributed by atoms with van der Waals surface area (Å²) in [4.78, 5) is 28.9. The number of anilines is 1. The molecule has 1 N–H and O–H groups in total. The summed E-state index contributed by atoms with van der Waals surface area (Å²) in [5.74, 6) is -0.752. The smallest absolute Gasteiger partial charge is 0.244 e. The van der Waals surface area contributed by atoms with Crippen LogP contribution < -0.4 is 9.62 Å². The van der Waals surface area contributed by atoms with E-state index in [2.05, 4.69) is 21.2 Å². The summed E-state index contributed by atoms with van der Waals surface area (Å²) in [7, 11) is -3.79. The highest BCUT2D eigenvalue weighted by atomic mass is 79.9. The second-order valence-electron chi connectivity index (χ2n) is 9.00. The Kier molecular flexibility index (Phi) is 10.5. The molecule has 0 unspecified atom stereocenters. The van der Waals surface area contributed by atoms with E-state index in [1.54, 1.807) is 12.1 Å². The normalized spacial score (nSPS) is 12.0.